The van der Waals surface area contributed by atoms with Crippen LogP contribution in [0.5, 0.6) is 5.75 Å². The third kappa shape index (κ3) is 2.13. The average Bonchev–Trinajstić information content (AvgIpc) is 2.83. The van der Waals surface area contributed by atoms with Crippen LogP contribution in [-0.2, 0) is 6.61 Å². The first-order chi connectivity index (χ1) is 8.58. The Morgan fingerprint density at radius 2 is 2.00 bits per heavy atom. The van der Waals surface area contributed by atoms with Crippen molar-refractivity contribution in [2.75, 3.05) is 7.11 Å². The molecule has 0 amide bonds. The first-order valence-corrected chi connectivity index (χ1v) is 6.66. The lowest BCUT2D eigenvalue weighted by molar-refractivity contribution is 0.281. The van der Waals surface area contributed by atoms with E-state index in [1.54, 1.807) is 7.11 Å². The summed E-state index contributed by atoms with van der Waals surface area (Å²) in [7, 11) is 1.70. The summed E-state index contributed by atoms with van der Waals surface area (Å²) in [6.45, 7) is 6.17. The van der Waals surface area contributed by atoms with Crippen LogP contribution in [0.2, 0.25) is 0 Å². The van der Waals surface area contributed by atoms with Gasteiger partial charge in [0.15, 0.2) is 0 Å². The number of aliphatic hydroxyl groups is 1. The first kappa shape index (κ1) is 13.1. The fourth-order valence-electron chi connectivity index (χ4n) is 2.15. The van der Waals surface area contributed by atoms with Crippen LogP contribution >= 0.6 is 11.3 Å². The van der Waals surface area contributed by atoms with Gasteiger partial charge >= 0.3 is 0 Å². The molecule has 96 valence electrons. The van der Waals surface area contributed by atoms with Gasteiger partial charge in [-0.2, -0.15) is 0 Å². The highest BCUT2D eigenvalue weighted by Gasteiger charge is 2.13. The van der Waals surface area contributed by atoms with E-state index in [1.807, 2.05) is 12.3 Å². The molecular weight excluding hydrogens is 246 g/mol. The van der Waals surface area contributed by atoms with Gasteiger partial charge in [0.25, 0.3) is 0 Å². The summed E-state index contributed by atoms with van der Waals surface area (Å²) in [5, 5.41) is 11.8. The number of thiazole rings is 1. The third-order valence-electron chi connectivity index (χ3n) is 3.19. The summed E-state index contributed by atoms with van der Waals surface area (Å²) in [5.74, 6) is 0.939. The van der Waals surface area contributed by atoms with E-state index in [0.717, 1.165) is 33.1 Å². The molecule has 1 heterocycles. The SMILES string of the molecule is COc1c(C)cc(-c2csc(CO)n2)c(C)c1C. The van der Waals surface area contributed by atoms with Crippen LogP contribution in [0.15, 0.2) is 11.4 Å². The molecule has 0 radical (unpaired) electrons. The molecule has 4 heteroatoms. The van der Waals surface area contributed by atoms with Crippen LogP contribution in [0.4, 0.5) is 0 Å². The van der Waals surface area contributed by atoms with E-state index in [0.29, 0.717) is 0 Å². The number of methoxy groups -OCH3 is 1. The molecule has 0 fully saturated rings. The molecule has 0 unspecified atom stereocenters. The lowest BCUT2D eigenvalue weighted by atomic mass is 9.97. The number of nitrogens with zero attached hydrogens (tertiary/aromatic N) is 1. The predicted octanol–water partition coefficient (Wildman–Crippen LogP) is 3.24. The molecule has 0 aliphatic carbocycles. The minimum atomic E-state index is -0.00215. The Kier molecular flexibility index (Phi) is 3.68. The Bertz CT molecular complexity index is 575. The smallest absolute Gasteiger partial charge is 0.124 e. The number of aliphatic hydroxyl groups excluding tert-OH is 1. The van der Waals surface area contributed by atoms with E-state index in [2.05, 4.69) is 24.9 Å². The van der Waals surface area contributed by atoms with Gasteiger partial charge in [0, 0.05) is 10.9 Å². The number of aromatic nitrogens is 1. The Labute approximate surface area is 111 Å². The largest absolute Gasteiger partial charge is 0.496 e. The number of aryl methyl sites for hydroxylation is 1. The second-order valence-corrected chi connectivity index (χ2v) is 5.25. The number of hydrogen-bond acceptors (Lipinski definition) is 4. The molecule has 2 aromatic rings. The maximum absolute atomic E-state index is 9.09. The fourth-order valence-corrected chi connectivity index (χ4v) is 2.80. The van der Waals surface area contributed by atoms with Crippen molar-refractivity contribution in [2.24, 2.45) is 0 Å². The van der Waals surface area contributed by atoms with Gasteiger partial charge in [0.2, 0.25) is 0 Å². The molecule has 0 saturated carbocycles. The molecule has 0 spiro atoms. The van der Waals surface area contributed by atoms with Crippen molar-refractivity contribution in [1.82, 2.24) is 4.98 Å². The molecule has 18 heavy (non-hydrogen) atoms. The molecule has 0 aliphatic rings. The van der Waals surface area contributed by atoms with Crippen molar-refractivity contribution in [3.05, 3.63) is 33.1 Å². The maximum atomic E-state index is 9.09. The number of rotatable bonds is 3. The van der Waals surface area contributed by atoms with Crippen molar-refractivity contribution in [3.8, 4) is 17.0 Å². The predicted molar refractivity (Wildman–Crippen MR) is 74.2 cm³/mol. The van der Waals surface area contributed by atoms with Gasteiger partial charge < -0.3 is 9.84 Å². The molecule has 1 aromatic carbocycles. The van der Waals surface area contributed by atoms with Gasteiger partial charge in [-0.3, -0.25) is 0 Å². The zero-order valence-electron chi connectivity index (χ0n) is 11.1. The van der Waals surface area contributed by atoms with Gasteiger partial charge in [-0.05, 0) is 43.5 Å². The Balaban J connectivity index is 2.58. The zero-order chi connectivity index (χ0) is 13.3. The second kappa shape index (κ2) is 5.08. The van der Waals surface area contributed by atoms with Crippen LogP contribution < -0.4 is 4.74 Å². The van der Waals surface area contributed by atoms with Crippen molar-refractivity contribution < 1.29 is 9.84 Å². The Hall–Kier alpha value is -1.39. The summed E-state index contributed by atoms with van der Waals surface area (Å²) >= 11 is 1.48. The molecular formula is C14H17NO2S. The van der Waals surface area contributed by atoms with Crippen LogP contribution in [0.1, 0.15) is 21.7 Å². The van der Waals surface area contributed by atoms with Gasteiger partial charge in [-0.25, -0.2) is 4.98 Å². The molecule has 0 atom stereocenters. The van der Waals surface area contributed by atoms with Crippen molar-refractivity contribution in [3.63, 3.8) is 0 Å². The highest BCUT2D eigenvalue weighted by atomic mass is 32.1. The average molecular weight is 263 g/mol. The third-order valence-corrected chi connectivity index (χ3v) is 4.03. The highest BCUT2D eigenvalue weighted by molar-refractivity contribution is 7.09. The Morgan fingerprint density at radius 3 is 2.56 bits per heavy atom. The van der Waals surface area contributed by atoms with Crippen molar-refractivity contribution >= 4 is 11.3 Å². The summed E-state index contributed by atoms with van der Waals surface area (Å²) in [5.41, 5.74) is 5.46. The van der Waals surface area contributed by atoms with Crippen LogP contribution in [0, 0.1) is 20.8 Å². The van der Waals surface area contributed by atoms with E-state index >= 15 is 0 Å². The normalized spacial score (nSPS) is 10.7. The van der Waals surface area contributed by atoms with Crippen LogP contribution in [0.3, 0.4) is 0 Å². The number of ether oxygens (including phenoxy) is 1. The second-order valence-electron chi connectivity index (χ2n) is 4.31. The lowest BCUT2D eigenvalue weighted by Crippen LogP contribution is -1.96. The standard InChI is InChI=1S/C14H17NO2S/c1-8-5-11(9(2)10(3)14(8)17-4)12-7-18-13(6-16)15-12/h5,7,16H,6H2,1-4H3. The maximum Gasteiger partial charge on any atom is 0.124 e. The summed E-state index contributed by atoms with van der Waals surface area (Å²) < 4.78 is 5.42. The lowest BCUT2D eigenvalue weighted by Gasteiger charge is -2.14. The molecule has 1 N–H and O–H groups in total. The summed E-state index contributed by atoms with van der Waals surface area (Å²) in [6, 6.07) is 2.09. The Morgan fingerprint density at radius 1 is 1.28 bits per heavy atom. The van der Waals surface area contributed by atoms with E-state index < -0.39 is 0 Å². The molecule has 0 bridgehead atoms. The minimum Gasteiger partial charge on any atom is -0.496 e. The van der Waals surface area contributed by atoms with Gasteiger partial charge in [-0.1, -0.05) is 0 Å². The first-order valence-electron chi connectivity index (χ1n) is 5.79. The topological polar surface area (TPSA) is 42.4 Å². The van der Waals surface area contributed by atoms with Crippen molar-refractivity contribution in [2.45, 2.75) is 27.4 Å². The van der Waals surface area contributed by atoms with E-state index in [1.165, 1.54) is 16.9 Å². The van der Waals surface area contributed by atoms with Gasteiger partial charge in [-0.15, -0.1) is 11.3 Å². The van der Waals surface area contributed by atoms with Gasteiger partial charge in [0.05, 0.1) is 19.4 Å². The number of hydrogen-bond donors (Lipinski definition) is 1. The fraction of sp³-hybridized carbons (Fsp3) is 0.357. The summed E-state index contributed by atoms with van der Waals surface area (Å²) in [6.07, 6.45) is 0. The van der Waals surface area contributed by atoms with Crippen LogP contribution in [-0.4, -0.2) is 17.2 Å². The summed E-state index contributed by atoms with van der Waals surface area (Å²) in [4.78, 5) is 4.43. The number of benzene rings is 1. The molecule has 1 aromatic heterocycles. The van der Waals surface area contributed by atoms with E-state index in [-0.39, 0.29) is 6.61 Å². The van der Waals surface area contributed by atoms with Crippen LogP contribution in [0.25, 0.3) is 11.3 Å². The van der Waals surface area contributed by atoms with E-state index in [9.17, 15) is 0 Å². The minimum absolute atomic E-state index is 0.00215. The molecule has 0 saturated heterocycles. The molecule has 3 nitrogen and oxygen atoms in total. The van der Waals surface area contributed by atoms with E-state index in [4.69, 9.17) is 9.84 Å². The highest BCUT2D eigenvalue weighted by Crippen LogP contribution is 2.34. The molecule has 2 rings (SSSR count). The quantitative estimate of drug-likeness (QED) is 0.924. The zero-order valence-corrected chi connectivity index (χ0v) is 11.9. The van der Waals surface area contributed by atoms with Crippen molar-refractivity contribution in [1.29, 1.82) is 0 Å². The molecule has 0 aliphatic heterocycles. The monoisotopic (exact) mass is 263 g/mol. The van der Waals surface area contributed by atoms with Gasteiger partial charge in [0.1, 0.15) is 10.8 Å².